The minimum atomic E-state index is -0.785. The molecule has 2 aromatic carbocycles. The maximum Gasteiger partial charge on any atom is 0.146 e. The van der Waals surface area contributed by atoms with Gasteiger partial charge in [-0.15, -0.1) is 0 Å². The molecule has 4 nitrogen and oxygen atoms in total. The first-order valence-corrected chi connectivity index (χ1v) is 10.0. The van der Waals surface area contributed by atoms with E-state index in [0.29, 0.717) is 43.0 Å². The van der Waals surface area contributed by atoms with Gasteiger partial charge in [-0.25, -0.2) is 13.2 Å². The molecule has 0 aliphatic carbocycles. The van der Waals surface area contributed by atoms with Gasteiger partial charge in [-0.1, -0.05) is 12.6 Å². The number of aryl methyl sites for hydroxylation is 1. The third kappa shape index (κ3) is 3.08. The van der Waals surface area contributed by atoms with Crippen molar-refractivity contribution >= 4 is 11.4 Å². The predicted octanol–water partition coefficient (Wildman–Crippen LogP) is 4.64. The van der Waals surface area contributed by atoms with Gasteiger partial charge in [0.15, 0.2) is 0 Å². The zero-order valence-electron chi connectivity index (χ0n) is 17.1. The number of hydrogen-bond donors (Lipinski definition) is 2. The lowest BCUT2D eigenvalue weighted by atomic mass is 9.69. The minimum Gasteiger partial charge on any atom is -0.382 e. The van der Waals surface area contributed by atoms with Gasteiger partial charge in [0.1, 0.15) is 23.0 Å². The lowest BCUT2D eigenvalue weighted by Crippen LogP contribution is -2.52. The van der Waals surface area contributed by atoms with E-state index in [1.165, 1.54) is 6.07 Å². The molecule has 0 bridgehead atoms. The SMILES string of the molecule is C=C(C)N1N=C(c2cc(F)ccc2F)CC12c1cc(C)cc(F)c1NCC2CCN. The van der Waals surface area contributed by atoms with Gasteiger partial charge in [0.05, 0.1) is 11.4 Å². The minimum absolute atomic E-state index is 0.0363. The molecule has 30 heavy (non-hydrogen) atoms. The second-order valence-electron chi connectivity index (χ2n) is 8.14. The Morgan fingerprint density at radius 1 is 1.27 bits per heavy atom. The molecule has 0 amide bonds. The number of rotatable bonds is 4. The number of hydrogen-bond acceptors (Lipinski definition) is 4. The molecule has 2 aliphatic rings. The van der Waals surface area contributed by atoms with Crippen LogP contribution in [-0.2, 0) is 5.54 Å². The maximum atomic E-state index is 14.9. The predicted molar refractivity (Wildman–Crippen MR) is 113 cm³/mol. The lowest BCUT2D eigenvalue weighted by molar-refractivity contribution is 0.0828. The third-order valence-corrected chi connectivity index (χ3v) is 6.05. The molecular weight excluding hydrogens is 389 g/mol. The summed E-state index contributed by atoms with van der Waals surface area (Å²) >= 11 is 0. The lowest BCUT2D eigenvalue weighted by Gasteiger charge is -2.48. The molecule has 0 saturated carbocycles. The number of nitrogens with two attached hydrogens (primary N) is 1. The van der Waals surface area contributed by atoms with Gasteiger partial charge in [-0.3, -0.25) is 5.01 Å². The average molecular weight is 414 g/mol. The van der Waals surface area contributed by atoms with Crippen LogP contribution in [0.25, 0.3) is 0 Å². The molecule has 2 aliphatic heterocycles. The fourth-order valence-electron chi connectivity index (χ4n) is 4.82. The number of benzene rings is 2. The van der Waals surface area contributed by atoms with Gasteiger partial charge < -0.3 is 11.1 Å². The van der Waals surface area contributed by atoms with Crippen LogP contribution in [-0.4, -0.2) is 23.8 Å². The van der Waals surface area contributed by atoms with Crippen LogP contribution in [0, 0.1) is 30.3 Å². The molecule has 1 spiro atoms. The fraction of sp³-hybridized carbons (Fsp3) is 0.348. The first kappa shape index (κ1) is 20.5. The van der Waals surface area contributed by atoms with Gasteiger partial charge in [-0.2, -0.15) is 5.10 Å². The molecule has 2 atom stereocenters. The van der Waals surface area contributed by atoms with E-state index in [1.54, 1.807) is 5.01 Å². The number of allylic oxidation sites excluding steroid dienone is 1. The summed E-state index contributed by atoms with van der Waals surface area (Å²) in [6.07, 6.45) is 0.947. The van der Waals surface area contributed by atoms with E-state index in [4.69, 9.17) is 5.73 Å². The van der Waals surface area contributed by atoms with Gasteiger partial charge in [0, 0.05) is 35.7 Å². The quantitative estimate of drug-likeness (QED) is 0.766. The van der Waals surface area contributed by atoms with Crippen LogP contribution >= 0.6 is 0 Å². The van der Waals surface area contributed by atoms with Gasteiger partial charge in [-0.05, 0) is 56.6 Å². The second kappa shape index (κ2) is 7.47. The van der Waals surface area contributed by atoms with Crippen LogP contribution in [0.5, 0.6) is 0 Å². The van der Waals surface area contributed by atoms with Crippen LogP contribution in [0.2, 0.25) is 0 Å². The van der Waals surface area contributed by atoms with Crippen LogP contribution in [0.3, 0.4) is 0 Å². The number of hydrazone groups is 1. The largest absolute Gasteiger partial charge is 0.382 e. The zero-order chi connectivity index (χ0) is 21.6. The number of nitrogens with one attached hydrogen (secondary N) is 1. The molecular formula is C23H25F3N4. The Balaban J connectivity index is 1.94. The first-order valence-electron chi connectivity index (χ1n) is 10.0. The number of nitrogens with zero attached hydrogens (tertiary/aromatic N) is 2. The van der Waals surface area contributed by atoms with E-state index in [2.05, 4.69) is 17.0 Å². The van der Waals surface area contributed by atoms with Crippen molar-refractivity contribution in [3.8, 4) is 0 Å². The van der Waals surface area contributed by atoms with E-state index in [1.807, 2.05) is 19.9 Å². The van der Waals surface area contributed by atoms with Crippen molar-refractivity contribution in [3.63, 3.8) is 0 Å². The maximum absolute atomic E-state index is 14.9. The topological polar surface area (TPSA) is 53.6 Å². The zero-order valence-corrected chi connectivity index (χ0v) is 17.1. The van der Waals surface area contributed by atoms with E-state index < -0.39 is 17.2 Å². The molecule has 158 valence electrons. The van der Waals surface area contributed by atoms with Crippen molar-refractivity contribution in [1.29, 1.82) is 0 Å². The number of fused-ring (bicyclic) bond motifs is 2. The summed E-state index contributed by atoms with van der Waals surface area (Å²) in [4.78, 5) is 0. The van der Waals surface area contributed by atoms with E-state index in [0.717, 1.165) is 29.3 Å². The van der Waals surface area contributed by atoms with Crippen molar-refractivity contribution in [2.24, 2.45) is 16.8 Å². The molecule has 0 fully saturated rings. The normalized spacial score (nSPS) is 22.7. The Kier molecular flexibility index (Phi) is 5.10. The summed E-state index contributed by atoms with van der Waals surface area (Å²) in [5, 5.41) is 9.64. The summed E-state index contributed by atoms with van der Waals surface area (Å²) in [6.45, 7) is 8.64. The van der Waals surface area contributed by atoms with Crippen molar-refractivity contribution in [1.82, 2.24) is 5.01 Å². The van der Waals surface area contributed by atoms with Crippen molar-refractivity contribution in [2.45, 2.75) is 32.2 Å². The Hall–Kier alpha value is -2.80. The van der Waals surface area contributed by atoms with Gasteiger partial charge in [0.25, 0.3) is 0 Å². The number of halogens is 3. The Labute approximate surface area is 174 Å². The van der Waals surface area contributed by atoms with E-state index >= 15 is 0 Å². The van der Waals surface area contributed by atoms with Crippen LogP contribution in [0.4, 0.5) is 18.9 Å². The van der Waals surface area contributed by atoms with Crippen molar-refractivity contribution < 1.29 is 13.2 Å². The van der Waals surface area contributed by atoms with Crippen molar-refractivity contribution in [2.75, 3.05) is 18.4 Å². The molecule has 4 rings (SSSR count). The second-order valence-corrected chi connectivity index (χ2v) is 8.14. The third-order valence-electron chi connectivity index (χ3n) is 6.05. The van der Waals surface area contributed by atoms with Crippen LogP contribution in [0.15, 0.2) is 47.7 Å². The molecule has 3 N–H and O–H groups in total. The summed E-state index contributed by atoms with van der Waals surface area (Å²) < 4.78 is 43.4. The summed E-state index contributed by atoms with van der Waals surface area (Å²) in [7, 11) is 0. The highest BCUT2D eigenvalue weighted by molar-refractivity contribution is 6.03. The molecule has 7 heteroatoms. The van der Waals surface area contributed by atoms with Crippen LogP contribution in [0.1, 0.15) is 36.5 Å². The highest BCUT2D eigenvalue weighted by atomic mass is 19.1. The smallest absolute Gasteiger partial charge is 0.146 e. The number of anilines is 1. The molecule has 2 aromatic rings. The highest BCUT2D eigenvalue weighted by Gasteiger charge is 2.53. The average Bonchev–Trinajstić information content (AvgIpc) is 3.08. The molecule has 0 aromatic heterocycles. The highest BCUT2D eigenvalue weighted by Crippen LogP contribution is 2.53. The van der Waals surface area contributed by atoms with E-state index in [-0.39, 0.29) is 17.3 Å². The van der Waals surface area contributed by atoms with Gasteiger partial charge in [0.2, 0.25) is 0 Å². The van der Waals surface area contributed by atoms with Crippen molar-refractivity contribution in [3.05, 3.63) is 76.7 Å². The molecule has 2 unspecified atom stereocenters. The standard InChI is InChI=1S/C23H25F3N4/c1-13(2)30-23(11-21(29-30)17-10-16(24)4-5-19(17)25)15(6-7-27)12-28-22-18(23)8-14(3)9-20(22)26/h4-5,8-10,15,28H,1,6-7,11-12,27H2,2-3H3. The molecule has 2 heterocycles. The van der Waals surface area contributed by atoms with E-state index in [9.17, 15) is 13.2 Å². The van der Waals surface area contributed by atoms with Gasteiger partial charge >= 0.3 is 0 Å². The summed E-state index contributed by atoms with van der Waals surface area (Å²) in [5.74, 6) is -1.47. The fourth-order valence-corrected chi connectivity index (χ4v) is 4.82. The summed E-state index contributed by atoms with van der Waals surface area (Å²) in [5.41, 5.74) is 8.21. The Morgan fingerprint density at radius 2 is 2.03 bits per heavy atom. The Bertz CT molecular complexity index is 1050. The first-order chi connectivity index (χ1) is 14.3. The molecule has 0 radical (unpaired) electrons. The monoisotopic (exact) mass is 414 g/mol. The summed E-state index contributed by atoms with van der Waals surface area (Å²) in [6, 6.07) is 6.75. The Morgan fingerprint density at radius 3 is 2.73 bits per heavy atom. The molecule has 0 saturated heterocycles. The van der Waals surface area contributed by atoms with Crippen LogP contribution < -0.4 is 11.1 Å².